The molecule has 5 nitrogen and oxygen atoms in total. The van der Waals surface area contributed by atoms with Crippen molar-refractivity contribution in [3.63, 3.8) is 0 Å². The summed E-state index contributed by atoms with van der Waals surface area (Å²) in [7, 11) is 2.16. The Bertz CT molecular complexity index is 1090. The van der Waals surface area contributed by atoms with E-state index in [0.29, 0.717) is 23.1 Å². The summed E-state index contributed by atoms with van der Waals surface area (Å²) < 4.78 is 11.8. The van der Waals surface area contributed by atoms with E-state index in [-0.39, 0.29) is 10.8 Å². The van der Waals surface area contributed by atoms with Crippen LogP contribution >= 0.6 is 0 Å². The lowest BCUT2D eigenvalue weighted by molar-refractivity contribution is 0.134. The highest BCUT2D eigenvalue weighted by Crippen LogP contribution is 2.27. The van der Waals surface area contributed by atoms with E-state index in [0.717, 1.165) is 44.0 Å². The molecular formula is C26H32N2O3. The quantitative estimate of drug-likeness (QED) is 0.613. The summed E-state index contributed by atoms with van der Waals surface area (Å²) in [5.74, 6) is 0.729. The van der Waals surface area contributed by atoms with Crippen molar-refractivity contribution in [1.82, 2.24) is 9.80 Å². The molecule has 0 bridgehead atoms. The summed E-state index contributed by atoms with van der Waals surface area (Å²) in [6.45, 7) is 12.4. The van der Waals surface area contributed by atoms with Gasteiger partial charge in [-0.3, -0.25) is 9.69 Å². The second-order valence-corrected chi connectivity index (χ2v) is 9.46. The minimum Gasteiger partial charge on any atom is -0.492 e. The normalized spacial score (nSPS) is 16.0. The fraction of sp³-hybridized carbons (Fsp3) is 0.423. The van der Waals surface area contributed by atoms with Crippen molar-refractivity contribution < 1.29 is 9.15 Å². The molecule has 3 aromatic rings. The van der Waals surface area contributed by atoms with Crippen LogP contribution in [-0.4, -0.2) is 56.2 Å². The first-order valence-corrected chi connectivity index (χ1v) is 11.0. The van der Waals surface area contributed by atoms with Crippen LogP contribution in [-0.2, 0) is 5.41 Å². The average molecular weight is 421 g/mol. The summed E-state index contributed by atoms with van der Waals surface area (Å²) in [5.41, 5.74) is 3.30. The first-order valence-electron chi connectivity index (χ1n) is 11.0. The van der Waals surface area contributed by atoms with Gasteiger partial charge in [0.2, 0.25) is 0 Å². The second kappa shape index (κ2) is 8.85. The molecule has 1 saturated heterocycles. The molecule has 0 amide bonds. The lowest BCUT2D eigenvalue weighted by atomic mass is 9.86. The minimum absolute atomic E-state index is 0.0197. The van der Waals surface area contributed by atoms with Crippen molar-refractivity contribution in [2.24, 2.45) is 0 Å². The van der Waals surface area contributed by atoms with Crippen molar-refractivity contribution in [2.75, 3.05) is 46.4 Å². The standard InChI is InChI=1S/C26H32N2O3/c1-26(2,3)20-7-5-19(6-8-20)23-18-31-24-17-21(9-10-22(24)25(23)29)30-16-15-28-13-11-27(4)12-14-28/h5-10,17-18H,11-16H2,1-4H3. The lowest BCUT2D eigenvalue weighted by Gasteiger charge is -2.32. The van der Waals surface area contributed by atoms with Gasteiger partial charge >= 0.3 is 0 Å². The van der Waals surface area contributed by atoms with Gasteiger partial charge in [-0.25, -0.2) is 0 Å². The Hall–Kier alpha value is -2.63. The minimum atomic E-state index is -0.0197. The zero-order valence-corrected chi connectivity index (χ0v) is 19.0. The van der Waals surface area contributed by atoms with E-state index in [1.165, 1.54) is 5.56 Å². The molecule has 5 heteroatoms. The molecular weight excluding hydrogens is 388 g/mol. The number of rotatable bonds is 5. The molecule has 0 atom stereocenters. The van der Waals surface area contributed by atoms with Gasteiger partial charge in [-0.2, -0.15) is 0 Å². The van der Waals surface area contributed by atoms with E-state index in [9.17, 15) is 4.79 Å². The molecule has 0 unspecified atom stereocenters. The number of piperazine rings is 1. The lowest BCUT2D eigenvalue weighted by Crippen LogP contribution is -2.45. The number of hydrogen-bond acceptors (Lipinski definition) is 5. The van der Waals surface area contributed by atoms with Gasteiger partial charge in [0.1, 0.15) is 24.2 Å². The van der Waals surface area contributed by atoms with Crippen LogP contribution in [0.25, 0.3) is 22.1 Å². The molecule has 0 radical (unpaired) electrons. The van der Waals surface area contributed by atoms with Crippen molar-refractivity contribution >= 4 is 11.0 Å². The third-order valence-corrected chi connectivity index (χ3v) is 6.08. The van der Waals surface area contributed by atoms with Gasteiger partial charge in [0, 0.05) is 38.8 Å². The predicted octanol–water partition coefficient (Wildman–Crippen LogP) is 4.38. The Morgan fingerprint density at radius 2 is 1.71 bits per heavy atom. The molecule has 1 aromatic heterocycles. The first kappa shape index (κ1) is 21.6. The van der Waals surface area contributed by atoms with E-state index in [1.807, 2.05) is 24.3 Å². The Kier molecular flexibility index (Phi) is 6.17. The molecule has 2 heterocycles. The summed E-state index contributed by atoms with van der Waals surface area (Å²) >= 11 is 0. The number of hydrogen-bond donors (Lipinski definition) is 0. The molecule has 1 fully saturated rings. The highest BCUT2D eigenvalue weighted by atomic mass is 16.5. The average Bonchev–Trinajstić information content (AvgIpc) is 2.75. The van der Waals surface area contributed by atoms with Crippen molar-refractivity contribution in [3.8, 4) is 16.9 Å². The predicted molar refractivity (Wildman–Crippen MR) is 126 cm³/mol. The van der Waals surface area contributed by atoms with E-state index in [1.54, 1.807) is 12.3 Å². The summed E-state index contributed by atoms with van der Waals surface area (Å²) in [5, 5.41) is 0.573. The SMILES string of the molecule is CN1CCN(CCOc2ccc3c(=O)c(-c4ccc(C(C)(C)C)cc4)coc3c2)CC1. The van der Waals surface area contributed by atoms with Crippen LogP contribution in [0, 0.1) is 0 Å². The van der Waals surface area contributed by atoms with Crippen molar-refractivity contribution in [2.45, 2.75) is 26.2 Å². The fourth-order valence-corrected chi connectivity index (χ4v) is 3.91. The van der Waals surface area contributed by atoms with E-state index in [4.69, 9.17) is 9.15 Å². The number of benzene rings is 2. The van der Waals surface area contributed by atoms with Crippen molar-refractivity contribution in [3.05, 3.63) is 64.5 Å². The van der Waals surface area contributed by atoms with E-state index < -0.39 is 0 Å². The topological polar surface area (TPSA) is 45.9 Å². The van der Waals surface area contributed by atoms with Crippen LogP contribution in [0.4, 0.5) is 0 Å². The van der Waals surface area contributed by atoms with Gasteiger partial charge < -0.3 is 14.1 Å². The second-order valence-electron chi connectivity index (χ2n) is 9.46. The van der Waals surface area contributed by atoms with Crippen LogP contribution in [0.5, 0.6) is 5.75 Å². The molecule has 164 valence electrons. The molecule has 1 aliphatic heterocycles. The molecule has 0 saturated carbocycles. The van der Waals surface area contributed by atoms with Crippen molar-refractivity contribution in [1.29, 1.82) is 0 Å². The smallest absolute Gasteiger partial charge is 0.200 e. The maximum Gasteiger partial charge on any atom is 0.200 e. The fourth-order valence-electron chi connectivity index (χ4n) is 3.91. The monoisotopic (exact) mass is 420 g/mol. The molecule has 31 heavy (non-hydrogen) atoms. The molecule has 4 rings (SSSR count). The molecule has 2 aromatic carbocycles. The van der Waals surface area contributed by atoms with E-state index >= 15 is 0 Å². The van der Waals surface area contributed by atoms with Gasteiger partial charge in [0.15, 0.2) is 5.43 Å². The summed E-state index contributed by atoms with van der Waals surface area (Å²) in [4.78, 5) is 17.8. The third-order valence-electron chi connectivity index (χ3n) is 6.08. The molecule has 0 aliphatic carbocycles. The van der Waals surface area contributed by atoms with Gasteiger partial charge in [0.25, 0.3) is 0 Å². The third kappa shape index (κ3) is 5.00. The number of fused-ring (bicyclic) bond motifs is 1. The largest absolute Gasteiger partial charge is 0.492 e. The van der Waals surface area contributed by atoms with Crippen LogP contribution in [0.1, 0.15) is 26.3 Å². The summed E-state index contributed by atoms with van der Waals surface area (Å²) in [6, 6.07) is 13.6. The molecule has 0 spiro atoms. The maximum atomic E-state index is 13.1. The van der Waals surface area contributed by atoms with Crippen LogP contribution in [0.3, 0.4) is 0 Å². The number of nitrogens with zero attached hydrogens (tertiary/aromatic N) is 2. The number of likely N-dealkylation sites (N-methyl/N-ethyl adjacent to an activating group) is 1. The zero-order valence-electron chi connectivity index (χ0n) is 19.0. The van der Waals surface area contributed by atoms with Crippen LogP contribution < -0.4 is 10.2 Å². The zero-order chi connectivity index (χ0) is 22.0. The maximum absolute atomic E-state index is 13.1. The number of ether oxygens (including phenoxy) is 1. The van der Waals surface area contributed by atoms with Gasteiger partial charge in [-0.05, 0) is 35.7 Å². The molecule has 0 N–H and O–H groups in total. The Labute approximate surface area is 184 Å². The van der Waals surface area contributed by atoms with Crippen LogP contribution in [0.15, 0.2) is 57.9 Å². The van der Waals surface area contributed by atoms with E-state index in [2.05, 4.69) is 49.8 Å². The van der Waals surface area contributed by atoms with Crippen LogP contribution in [0.2, 0.25) is 0 Å². The Balaban J connectivity index is 1.47. The molecule has 1 aliphatic rings. The summed E-state index contributed by atoms with van der Waals surface area (Å²) in [6.07, 6.45) is 1.56. The highest BCUT2D eigenvalue weighted by Gasteiger charge is 2.16. The first-order chi connectivity index (χ1) is 14.8. The van der Waals surface area contributed by atoms with Gasteiger partial charge in [0.05, 0.1) is 10.9 Å². The Morgan fingerprint density at radius 1 is 1.00 bits per heavy atom. The van der Waals surface area contributed by atoms with Gasteiger partial charge in [-0.15, -0.1) is 0 Å². The van der Waals surface area contributed by atoms with Gasteiger partial charge in [-0.1, -0.05) is 45.0 Å². The Morgan fingerprint density at radius 3 is 2.39 bits per heavy atom. The highest BCUT2D eigenvalue weighted by molar-refractivity contribution is 5.82.